The first-order valence-corrected chi connectivity index (χ1v) is 26.5. The Bertz CT molecular complexity index is 2830. The molecule has 0 radical (unpaired) electrons. The van der Waals surface area contributed by atoms with Crippen LogP contribution in [-0.2, 0) is 41.9 Å². The molecule has 0 aliphatic carbocycles. The van der Waals surface area contributed by atoms with Gasteiger partial charge in [0.05, 0.1) is 48.7 Å². The smallest absolute Gasteiger partial charge is 0.247 e. The van der Waals surface area contributed by atoms with Crippen molar-refractivity contribution in [1.29, 1.82) is 0 Å². The second-order valence-corrected chi connectivity index (χ2v) is 22.1. The molecule has 2 aliphatic heterocycles. The number of hydrogen-bond acceptors (Lipinski definition) is 16. The van der Waals surface area contributed by atoms with Crippen molar-refractivity contribution in [2.45, 2.75) is 130 Å². The SMILES string of the molecule is CN[C@@H](C)C(=O)N[C@H](C(=O)N1CCC[C@H]1C(=O)Nc1cc2c(NCc3ccc(CNc4ncnc5cc(OC)c(NC(=O)[C@@H]6CCCN6C(=O)[C@@H](NC(=O)[C@H](C)NC)C(C)(C)C)cc45)cc3)ncnc2cc1OC)C(C)(C)C.Cl.Cl. The van der Waals surface area contributed by atoms with Gasteiger partial charge in [-0.15, -0.1) is 24.8 Å². The Morgan fingerprint density at radius 1 is 0.588 bits per heavy atom. The molecule has 2 saturated heterocycles. The summed E-state index contributed by atoms with van der Waals surface area (Å²) < 4.78 is 11.4. The van der Waals surface area contributed by atoms with E-state index in [-0.39, 0.29) is 60.3 Å². The number of nitrogens with one attached hydrogen (secondary N) is 8. The average molecular weight is 1150 g/mol. The summed E-state index contributed by atoms with van der Waals surface area (Å²) in [6.07, 6.45) is 5.08. The number of halogens is 2. The number of methoxy groups -OCH3 is 2. The minimum Gasteiger partial charge on any atom is -0.494 e. The van der Waals surface area contributed by atoms with Crippen LogP contribution in [0.4, 0.5) is 23.0 Å². The van der Waals surface area contributed by atoms with Gasteiger partial charge in [-0.1, -0.05) is 65.8 Å². The number of likely N-dealkylation sites (N-methyl/N-ethyl adjacent to an activating group) is 2. The third-order valence-electron chi connectivity index (χ3n) is 14.5. The lowest BCUT2D eigenvalue weighted by molar-refractivity contribution is -0.143. The summed E-state index contributed by atoms with van der Waals surface area (Å²) in [7, 11) is 6.37. The van der Waals surface area contributed by atoms with Crippen molar-refractivity contribution in [3.63, 3.8) is 0 Å². The highest BCUT2D eigenvalue weighted by atomic mass is 35.5. The number of nitrogens with zero attached hydrogens (tertiary/aromatic N) is 6. The summed E-state index contributed by atoms with van der Waals surface area (Å²) in [4.78, 5) is 103. The van der Waals surface area contributed by atoms with Crippen LogP contribution in [0.3, 0.4) is 0 Å². The zero-order valence-electron chi connectivity index (χ0n) is 47.7. The Hall–Kier alpha value is -7.14. The maximum atomic E-state index is 14.1. The van der Waals surface area contributed by atoms with Crippen molar-refractivity contribution >= 4 is 105 Å². The number of hydrogen-bond donors (Lipinski definition) is 8. The molecule has 2 aliphatic rings. The predicted molar refractivity (Wildman–Crippen MR) is 314 cm³/mol. The monoisotopic (exact) mass is 1140 g/mol. The Morgan fingerprint density at radius 2 is 0.950 bits per heavy atom. The van der Waals surface area contributed by atoms with E-state index in [9.17, 15) is 28.8 Å². The number of benzene rings is 3. The number of fused-ring (bicyclic) bond motifs is 2. The Labute approximate surface area is 480 Å². The van der Waals surface area contributed by atoms with Gasteiger partial charge in [-0.25, -0.2) is 19.9 Å². The minimum atomic E-state index is -0.849. The number of carbonyl (C=O) groups is 6. The van der Waals surface area contributed by atoms with Crippen molar-refractivity contribution < 1.29 is 38.2 Å². The number of rotatable bonds is 20. The number of anilines is 4. The topological polar surface area (TPSA) is 275 Å². The fraction of sp³-hybridized carbons (Fsp3) is 0.500. The van der Waals surface area contributed by atoms with Gasteiger partial charge < -0.3 is 61.8 Å². The first-order valence-electron chi connectivity index (χ1n) is 26.5. The summed E-state index contributed by atoms with van der Waals surface area (Å²) in [5.74, 6) is -0.141. The van der Waals surface area contributed by atoms with Gasteiger partial charge >= 0.3 is 0 Å². The van der Waals surface area contributed by atoms with Crippen LogP contribution < -0.4 is 52.0 Å². The molecule has 2 fully saturated rings. The van der Waals surface area contributed by atoms with E-state index in [1.165, 1.54) is 26.9 Å². The van der Waals surface area contributed by atoms with Gasteiger partial charge in [0, 0.05) is 49.1 Å². The van der Waals surface area contributed by atoms with Gasteiger partial charge in [0.25, 0.3) is 0 Å². The summed E-state index contributed by atoms with van der Waals surface area (Å²) >= 11 is 0. The van der Waals surface area contributed by atoms with Crippen LogP contribution in [0.25, 0.3) is 21.8 Å². The number of amides is 6. The van der Waals surface area contributed by atoms with Gasteiger partial charge in [-0.2, -0.15) is 0 Å². The van der Waals surface area contributed by atoms with Gasteiger partial charge in [0.15, 0.2) is 0 Å². The number of carbonyl (C=O) groups excluding carboxylic acids is 6. The highest BCUT2D eigenvalue weighted by Gasteiger charge is 2.44. The van der Waals surface area contributed by atoms with E-state index < -0.39 is 47.1 Å². The van der Waals surface area contributed by atoms with E-state index in [4.69, 9.17) is 9.47 Å². The first-order chi connectivity index (χ1) is 37.1. The quantitative estimate of drug-likeness (QED) is 0.0458. The lowest BCUT2D eigenvalue weighted by atomic mass is 9.85. The van der Waals surface area contributed by atoms with E-state index in [2.05, 4.69) is 62.5 Å². The molecule has 3 aromatic carbocycles. The molecule has 24 heteroatoms. The zero-order valence-corrected chi connectivity index (χ0v) is 49.3. The molecule has 4 heterocycles. The second-order valence-electron chi connectivity index (χ2n) is 22.1. The molecule has 6 amide bonds. The highest BCUT2D eigenvalue weighted by molar-refractivity contribution is 6.04. The van der Waals surface area contributed by atoms with Gasteiger partial charge in [0.1, 0.15) is 60.0 Å². The van der Waals surface area contributed by atoms with Crippen LogP contribution in [0.15, 0.2) is 61.2 Å². The lowest BCUT2D eigenvalue weighted by Gasteiger charge is -2.36. The standard InChI is InChI=1S/C56H76N14O8.2ClH/c1-31(57-9)49(71)67-45(55(3,4)5)53(75)69-21-13-15-41(69)51(73)65-39-23-35-37(25-43(39)77-11)61-29-63-47(35)59-27-33-17-19-34(20-18-33)28-60-48-36-24-40(44(78-12)26-38(36)62-30-64-48)66-52(74)42-16-14-22-70(42)54(76)46(56(6,7)8)68-50(72)32(2)58-10;;/h17-20,23-26,29-32,41-42,45-46,57-58H,13-16,21-22,27-28H2,1-12H3,(H,65,73)(H,66,74)(H,67,71)(H,68,72)(H,59,61,63)(H,60,62,64);2*1H/t31-,32-,41-,42-,45+,46+;;/m0../s1. The summed E-state index contributed by atoms with van der Waals surface area (Å²) in [5.41, 5.74) is 2.66. The molecule has 0 bridgehead atoms. The minimum absolute atomic E-state index is 0. The molecule has 0 spiro atoms. The fourth-order valence-corrected chi connectivity index (χ4v) is 9.59. The van der Waals surface area contributed by atoms with E-state index in [1.807, 2.05) is 65.8 Å². The van der Waals surface area contributed by atoms with Crippen LogP contribution >= 0.6 is 24.8 Å². The van der Waals surface area contributed by atoms with E-state index in [0.717, 1.165) is 11.1 Å². The molecule has 5 aromatic rings. The number of aromatic nitrogens is 4. The molecular formula is C56H78Cl2N14O8. The lowest BCUT2D eigenvalue weighted by Crippen LogP contribution is -2.59. The number of ether oxygens (including phenoxy) is 2. The fourth-order valence-electron chi connectivity index (χ4n) is 9.59. The van der Waals surface area contributed by atoms with Crippen molar-refractivity contribution in [2.24, 2.45) is 10.8 Å². The summed E-state index contributed by atoms with van der Waals surface area (Å²) in [6, 6.07) is 10.7. The third-order valence-corrected chi connectivity index (χ3v) is 14.5. The Balaban J connectivity index is 0.00000588. The largest absolute Gasteiger partial charge is 0.494 e. The summed E-state index contributed by atoms with van der Waals surface area (Å²) in [5, 5.41) is 25.8. The van der Waals surface area contributed by atoms with Crippen LogP contribution in [0.1, 0.15) is 92.2 Å². The highest BCUT2D eigenvalue weighted by Crippen LogP contribution is 2.36. The molecule has 2 aromatic heterocycles. The molecule has 0 unspecified atom stereocenters. The molecule has 80 heavy (non-hydrogen) atoms. The zero-order chi connectivity index (χ0) is 56.6. The third kappa shape index (κ3) is 14.8. The van der Waals surface area contributed by atoms with Crippen molar-refractivity contribution in [2.75, 3.05) is 62.7 Å². The van der Waals surface area contributed by atoms with Crippen LogP contribution in [0.5, 0.6) is 11.5 Å². The molecule has 8 N–H and O–H groups in total. The maximum Gasteiger partial charge on any atom is 0.247 e. The first kappa shape index (κ1) is 63.7. The van der Waals surface area contributed by atoms with Crippen molar-refractivity contribution in [3.8, 4) is 11.5 Å². The van der Waals surface area contributed by atoms with E-state index in [1.54, 1.807) is 62.0 Å². The molecule has 7 rings (SSSR count). The Kier molecular flexibility index (Phi) is 21.8. The van der Waals surface area contributed by atoms with Crippen LogP contribution in [0, 0.1) is 10.8 Å². The normalized spacial score (nSPS) is 16.8. The van der Waals surface area contributed by atoms with Crippen LogP contribution in [0.2, 0.25) is 0 Å². The van der Waals surface area contributed by atoms with E-state index >= 15 is 0 Å². The average Bonchev–Trinajstić information content (AvgIpc) is 4.14. The van der Waals surface area contributed by atoms with E-state index in [0.29, 0.717) is 108 Å². The van der Waals surface area contributed by atoms with Crippen molar-refractivity contribution in [3.05, 3.63) is 72.3 Å². The van der Waals surface area contributed by atoms with Crippen molar-refractivity contribution in [1.82, 2.24) is 51.0 Å². The maximum absolute atomic E-state index is 14.1. The van der Waals surface area contributed by atoms with Gasteiger partial charge in [0.2, 0.25) is 35.4 Å². The number of likely N-dealkylation sites (tertiary alicyclic amines) is 2. The van der Waals surface area contributed by atoms with Gasteiger partial charge in [-0.3, -0.25) is 28.8 Å². The molecular weight excluding hydrogens is 1070 g/mol. The molecule has 22 nitrogen and oxygen atoms in total. The second kappa shape index (κ2) is 27.3. The molecule has 0 saturated carbocycles. The van der Waals surface area contributed by atoms with Gasteiger partial charge in [-0.05, 0) is 87.7 Å². The molecule has 434 valence electrons. The van der Waals surface area contributed by atoms with Crippen LogP contribution in [-0.4, -0.2) is 143 Å². The molecule has 6 atom stereocenters. The predicted octanol–water partition coefficient (Wildman–Crippen LogP) is 5.79. The summed E-state index contributed by atoms with van der Waals surface area (Å²) in [6.45, 7) is 16.3. The Morgan fingerprint density at radius 3 is 1.27 bits per heavy atom.